The molecular formula is C14H13NO2. The maximum Gasteiger partial charge on any atom is 0.352 e. The van der Waals surface area contributed by atoms with Crippen molar-refractivity contribution in [3.05, 3.63) is 35.5 Å². The molecule has 0 unspecified atom stereocenters. The van der Waals surface area contributed by atoms with Gasteiger partial charge in [-0.15, -0.1) is 6.42 Å². The van der Waals surface area contributed by atoms with Crippen LogP contribution in [0.15, 0.2) is 24.3 Å². The zero-order valence-corrected chi connectivity index (χ0v) is 9.60. The molecule has 3 nitrogen and oxygen atoms in total. The van der Waals surface area contributed by atoms with Gasteiger partial charge in [0.05, 0.1) is 6.54 Å². The molecule has 3 heteroatoms. The van der Waals surface area contributed by atoms with Crippen molar-refractivity contribution in [2.45, 2.75) is 19.9 Å². The second-order valence-corrected chi connectivity index (χ2v) is 3.87. The van der Waals surface area contributed by atoms with Gasteiger partial charge in [-0.1, -0.05) is 18.9 Å². The maximum absolute atomic E-state index is 11.1. The number of aromatic nitrogens is 1. The number of carbonyl (C=O) groups is 1. The van der Waals surface area contributed by atoms with E-state index in [4.69, 9.17) is 11.5 Å². The van der Waals surface area contributed by atoms with Gasteiger partial charge in [-0.3, -0.25) is 0 Å². The Balaban J connectivity index is 2.70. The molecule has 2 rings (SSSR count). The summed E-state index contributed by atoms with van der Waals surface area (Å²) in [4.78, 5) is 11.1. The molecule has 1 aromatic heterocycles. The van der Waals surface area contributed by atoms with E-state index >= 15 is 0 Å². The third-order valence-electron chi connectivity index (χ3n) is 2.84. The number of hydrogen-bond donors (Lipinski definition) is 1. The summed E-state index contributed by atoms with van der Waals surface area (Å²) in [7, 11) is 0. The van der Waals surface area contributed by atoms with Crippen LogP contribution in [-0.4, -0.2) is 15.6 Å². The first-order valence-corrected chi connectivity index (χ1v) is 5.46. The van der Waals surface area contributed by atoms with Crippen molar-refractivity contribution in [3.8, 4) is 12.3 Å². The molecule has 0 aliphatic carbocycles. The van der Waals surface area contributed by atoms with Crippen LogP contribution in [0.2, 0.25) is 0 Å². The predicted octanol–water partition coefficient (Wildman–Crippen LogP) is 2.54. The molecule has 0 radical (unpaired) electrons. The fourth-order valence-corrected chi connectivity index (χ4v) is 1.98. The van der Waals surface area contributed by atoms with E-state index in [9.17, 15) is 4.79 Å². The van der Waals surface area contributed by atoms with Crippen LogP contribution in [-0.2, 0) is 13.0 Å². The van der Waals surface area contributed by atoms with Gasteiger partial charge in [0.1, 0.15) is 5.69 Å². The van der Waals surface area contributed by atoms with Crippen LogP contribution in [0, 0.1) is 12.3 Å². The minimum absolute atomic E-state index is 0.242. The standard InChI is InChI=1S/C14H13NO2/c1-3-7-15-12-6-5-10(4-2)8-11(12)9-13(15)14(16)17/h1,5-6,8-9H,4,7H2,2H3,(H,16,17). The summed E-state index contributed by atoms with van der Waals surface area (Å²) in [6, 6.07) is 7.61. The van der Waals surface area contributed by atoms with E-state index in [1.807, 2.05) is 18.2 Å². The molecule has 0 spiro atoms. The minimum atomic E-state index is -0.950. The number of aryl methyl sites for hydroxylation is 1. The number of benzene rings is 1. The molecule has 1 heterocycles. The molecule has 17 heavy (non-hydrogen) atoms. The summed E-state index contributed by atoms with van der Waals surface area (Å²) in [5.41, 5.74) is 2.30. The molecule has 0 amide bonds. The molecule has 2 aromatic rings. The quantitative estimate of drug-likeness (QED) is 0.819. The Hall–Kier alpha value is -2.21. The first kappa shape index (κ1) is 11.3. The van der Waals surface area contributed by atoms with Crippen LogP contribution in [0.5, 0.6) is 0 Å². The van der Waals surface area contributed by atoms with Crippen LogP contribution in [0.25, 0.3) is 10.9 Å². The van der Waals surface area contributed by atoms with Crippen molar-refractivity contribution in [1.29, 1.82) is 0 Å². The third kappa shape index (κ3) is 1.90. The summed E-state index contributed by atoms with van der Waals surface area (Å²) >= 11 is 0. The largest absolute Gasteiger partial charge is 0.477 e. The first-order valence-electron chi connectivity index (χ1n) is 5.46. The highest BCUT2D eigenvalue weighted by Gasteiger charge is 2.13. The Morgan fingerprint density at radius 2 is 2.24 bits per heavy atom. The molecule has 0 saturated heterocycles. The van der Waals surface area contributed by atoms with E-state index in [1.165, 1.54) is 5.56 Å². The predicted molar refractivity (Wildman–Crippen MR) is 67.1 cm³/mol. The number of fused-ring (bicyclic) bond motifs is 1. The zero-order chi connectivity index (χ0) is 12.4. The Labute approximate surface area is 99.7 Å². The number of rotatable bonds is 3. The van der Waals surface area contributed by atoms with Crippen molar-refractivity contribution < 1.29 is 9.90 Å². The highest BCUT2D eigenvalue weighted by Crippen LogP contribution is 2.21. The Kier molecular flexibility index (Phi) is 2.88. The van der Waals surface area contributed by atoms with E-state index in [2.05, 4.69) is 12.8 Å². The van der Waals surface area contributed by atoms with Gasteiger partial charge in [0.25, 0.3) is 0 Å². The molecule has 0 aliphatic rings. The van der Waals surface area contributed by atoms with Crippen molar-refractivity contribution in [3.63, 3.8) is 0 Å². The highest BCUT2D eigenvalue weighted by molar-refractivity contribution is 5.94. The Bertz CT molecular complexity index is 617. The summed E-state index contributed by atoms with van der Waals surface area (Å²) in [6.45, 7) is 2.34. The van der Waals surface area contributed by atoms with Crippen molar-refractivity contribution in [2.75, 3.05) is 0 Å². The smallest absolute Gasteiger partial charge is 0.352 e. The highest BCUT2D eigenvalue weighted by atomic mass is 16.4. The number of hydrogen-bond acceptors (Lipinski definition) is 1. The van der Waals surface area contributed by atoms with Gasteiger partial charge in [-0.05, 0) is 30.2 Å². The lowest BCUT2D eigenvalue weighted by molar-refractivity contribution is 0.0686. The van der Waals surface area contributed by atoms with Crippen LogP contribution in [0.4, 0.5) is 0 Å². The number of carboxylic acids is 1. The third-order valence-corrected chi connectivity index (χ3v) is 2.84. The molecular weight excluding hydrogens is 214 g/mol. The molecule has 1 N–H and O–H groups in total. The van der Waals surface area contributed by atoms with Crippen molar-refractivity contribution in [2.24, 2.45) is 0 Å². The Morgan fingerprint density at radius 3 is 2.82 bits per heavy atom. The van der Waals surface area contributed by atoms with Crippen LogP contribution in [0.1, 0.15) is 23.0 Å². The van der Waals surface area contributed by atoms with E-state index in [1.54, 1.807) is 10.6 Å². The fraction of sp³-hybridized carbons (Fsp3) is 0.214. The molecule has 1 aromatic carbocycles. The van der Waals surface area contributed by atoms with Gasteiger partial charge < -0.3 is 9.67 Å². The van der Waals surface area contributed by atoms with Gasteiger partial charge in [0, 0.05) is 10.9 Å². The average molecular weight is 227 g/mol. The van der Waals surface area contributed by atoms with E-state index in [-0.39, 0.29) is 12.2 Å². The topological polar surface area (TPSA) is 42.2 Å². The van der Waals surface area contributed by atoms with Crippen LogP contribution >= 0.6 is 0 Å². The molecule has 0 bridgehead atoms. The van der Waals surface area contributed by atoms with E-state index in [0.29, 0.717) is 0 Å². The second kappa shape index (κ2) is 4.34. The summed E-state index contributed by atoms with van der Waals surface area (Å²) in [6.07, 6.45) is 6.20. The maximum atomic E-state index is 11.1. The minimum Gasteiger partial charge on any atom is -0.477 e. The van der Waals surface area contributed by atoms with Gasteiger partial charge in [-0.25, -0.2) is 4.79 Å². The van der Waals surface area contributed by atoms with Gasteiger partial charge >= 0.3 is 5.97 Å². The van der Waals surface area contributed by atoms with Crippen molar-refractivity contribution in [1.82, 2.24) is 4.57 Å². The van der Waals surface area contributed by atoms with Crippen LogP contribution in [0.3, 0.4) is 0 Å². The molecule has 86 valence electrons. The average Bonchev–Trinajstić information content (AvgIpc) is 2.68. The molecule has 0 aliphatic heterocycles. The van der Waals surface area contributed by atoms with Crippen molar-refractivity contribution >= 4 is 16.9 Å². The molecule has 0 atom stereocenters. The summed E-state index contributed by atoms with van der Waals surface area (Å²) in [5.74, 6) is 1.54. The van der Waals surface area contributed by atoms with Crippen LogP contribution < -0.4 is 0 Å². The zero-order valence-electron chi connectivity index (χ0n) is 9.60. The Morgan fingerprint density at radius 1 is 1.47 bits per heavy atom. The summed E-state index contributed by atoms with van der Waals surface area (Å²) in [5, 5.41) is 10.1. The molecule has 0 fully saturated rings. The lowest BCUT2D eigenvalue weighted by Gasteiger charge is -2.03. The number of aromatic carboxylic acids is 1. The van der Waals surface area contributed by atoms with E-state index < -0.39 is 5.97 Å². The number of carboxylic acid groups (broad SMARTS) is 1. The normalized spacial score (nSPS) is 10.4. The lowest BCUT2D eigenvalue weighted by Crippen LogP contribution is -2.07. The second-order valence-electron chi connectivity index (χ2n) is 3.87. The number of nitrogens with zero attached hydrogens (tertiary/aromatic N) is 1. The van der Waals surface area contributed by atoms with Gasteiger partial charge in [0.15, 0.2) is 0 Å². The monoisotopic (exact) mass is 227 g/mol. The lowest BCUT2D eigenvalue weighted by atomic mass is 10.1. The van der Waals surface area contributed by atoms with Gasteiger partial charge in [0.2, 0.25) is 0 Å². The SMILES string of the molecule is C#CCn1c(C(=O)O)cc2cc(CC)ccc21. The fourth-order valence-electron chi connectivity index (χ4n) is 1.98. The van der Waals surface area contributed by atoms with E-state index in [0.717, 1.165) is 17.3 Å². The molecule has 0 saturated carbocycles. The summed E-state index contributed by atoms with van der Waals surface area (Å²) < 4.78 is 1.65. The first-order chi connectivity index (χ1) is 8.17. The number of terminal acetylenes is 1. The van der Waals surface area contributed by atoms with Gasteiger partial charge in [-0.2, -0.15) is 0 Å².